The van der Waals surface area contributed by atoms with Crippen LogP contribution in [0.4, 0.5) is 0 Å². The molecule has 1 aliphatic heterocycles. The van der Waals surface area contributed by atoms with Gasteiger partial charge in [-0.1, -0.05) is 67.1 Å². The number of aliphatic hydroxyl groups is 1. The molecule has 1 aliphatic rings. The van der Waals surface area contributed by atoms with Crippen molar-refractivity contribution in [1.82, 2.24) is 0 Å². The Kier molecular flexibility index (Phi) is 4.37. The Hall–Kier alpha value is -1.18. The molecule has 0 aromatic heterocycles. The van der Waals surface area contributed by atoms with Crippen LogP contribution in [0.15, 0.2) is 52.3 Å². The third-order valence-corrected chi connectivity index (χ3v) is 5.97. The van der Waals surface area contributed by atoms with Crippen LogP contribution in [-0.2, 0) is 12.0 Å². The first-order chi connectivity index (χ1) is 10.8. The Balaban J connectivity index is 2.21. The van der Waals surface area contributed by atoms with Crippen molar-refractivity contribution in [2.75, 3.05) is 0 Å². The zero-order valence-corrected chi connectivity index (χ0v) is 16.1. The fourth-order valence-corrected chi connectivity index (χ4v) is 4.44. The van der Waals surface area contributed by atoms with Gasteiger partial charge in [0.15, 0.2) is 5.60 Å². The highest BCUT2D eigenvalue weighted by molar-refractivity contribution is 7.99. The SMILES string of the molecule is C[Si](C)(C)C#CC1(O)Cc2ccccc2Sc2ccc(Cl)cc21. The van der Waals surface area contributed by atoms with Crippen molar-refractivity contribution in [1.29, 1.82) is 0 Å². The van der Waals surface area contributed by atoms with Gasteiger partial charge in [-0.15, -0.1) is 5.54 Å². The first-order valence-corrected chi connectivity index (χ1v) is 12.3. The average molecular weight is 359 g/mol. The van der Waals surface area contributed by atoms with Crippen LogP contribution in [0, 0.1) is 11.5 Å². The summed E-state index contributed by atoms with van der Waals surface area (Å²) in [7, 11) is -1.59. The molecule has 0 saturated heterocycles. The molecule has 4 heteroatoms. The second kappa shape index (κ2) is 6.03. The third-order valence-electron chi connectivity index (χ3n) is 3.67. The van der Waals surface area contributed by atoms with Crippen LogP contribution in [0.25, 0.3) is 0 Å². The number of rotatable bonds is 0. The lowest BCUT2D eigenvalue weighted by Crippen LogP contribution is -2.28. The van der Waals surface area contributed by atoms with Gasteiger partial charge in [0.05, 0.1) is 0 Å². The molecule has 2 aromatic rings. The summed E-state index contributed by atoms with van der Waals surface area (Å²) >= 11 is 7.87. The molecule has 2 aromatic carbocycles. The van der Waals surface area contributed by atoms with Gasteiger partial charge in [0.1, 0.15) is 8.07 Å². The summed E-state index contributed by atoms with van der Waals surface area (Å²) in [5.41, 5.74) is 4.08. The highest BCUT2D eigenvalue weighted by Gasteiger charge is 2.34. The Morgan fingerprint density at radius 2 is 1.87 bits per heavy atom. The van der Waals surface area contributed by atoms with Gasteiger partial charge in [-0.2, -0.15) is 0 Å². The maximum Gasteiger partial charge on any atom is 0.155 e. The molecule has 3 rings (SSSR count). The molecular formula is C19H19ClOSSi. The van der Waals surface area contributed by atoms with Crippen molar-refractivity contribution >= 4 is 31.4 Å². The van der Waals surface area contributed by atoms with Crippen LogP contribution in [0.1, 0.15) is 11.1 Å². The molecule has 23 heavy (non-hydrogen) atoms. The highest BCUT2D eigenvalue weighted by Crippen LogP contribution is 2.44. The Morgan fingerprint density at radius 1 is 1.13 bits per heavy atom. The molecule has 0 saturated carbocycles. The predicted molar refractivity (Wildman–Crippen MR) is 101 cm³/mol. The van der Waals surface area contributed by atoms with Gasteiger partial charge in [0.25, 0.3) is 0 Å². The van der Waals surface area contributed by atoms with Crippen LogP contribution >= 0.6 is 23.4 Å². The molecule has 1 N–H and O–H groups in total. The third kappa shape index (κ3) is 3.67. The van der Waals surface area contributed by atoms with E-state index in [1.165, 1.54) is 4.90 Å². The minimum absolute atomic E-state index is 0.487. The Morgan fingerprint density at radius 3 is 2.61 bits per heavy atom. The van der Waals surface area contributed by atoms with Gasteiger partial charge in [-0.3, -0.25) is 0 Å². The van der Waals surface area contributed by atoms with Crippen molar-refractivity contribution in [3.63, 3.8) is 0 Å². The number of hydrogen-bond donors (Lipinski definition) is 1. The molecule has 0 aliphatic carbocycles. The van der Waals surface area contributed by atoms with Gasteiger partial charge in [0, 0.05) is 26.8 Å². The van der Waals surface area contributed by atoms with E-state index in [0.29, 0.717) is 11.4 Å². The van der Waals surface area contributed by atoms with Crippen LogP contribution in [0.2, 0.25) is 24.7 Å². The first kappa shape index (κ1) is 16.7. The molecular weight excluding hydrogens is 340 g/mol. The normalized spacial score (nSPS) is 19.9. The number of fused-ring (bicyclic) bond motifs is 2. The molecule has 1 heterocycles. The van der Waals surface area contributed by atoms with Gasteiger partial charge < -0.3 is 5.11 Å². The molecule has 1 atom stereocenters. The van der Waals surface area contributed by atoms with E-state index in [4.69, 9.17) is 11.6 Å². The van der Waals surface area contributed by atoms with Crippen LogP contribution < -0.4 is 0 Å². The van der Waals surface area contributed by atoms with Gasteiger partial charge in [0.2, 0.25) is 0 Å². The zero-order valence-electron chi connectivity index (χ0n) is 13.5. The van der Waals surface area contributed by atoms with Crippen LogP contribution in [0.3, 0.4) is 0 Å². The molecule has 1 nitrogen and oxygen atoms in total. The lowest BCUT2D eigenvalue weighted by Gasteiger charge is -2.24. The first-order valence-electron chi connectivity index (χ1n) is 7.59. The summed E-state index contributed by atoms with van der Waals surface area (Å²) in [4.78, 5) is 2.19. The predicted octanol–water partition coefficient (Wildman–Crippen LogP) is 5.12. The molecule has 0 radical (unpaired) electrons. The molecule has 0 spiro atoms. The summed E-state index contributed by atoms with van der Waals surface area (Å²) in [5, 5.41) is 12.0. The molecule has 118 valence electrons. The second-order valence-corrected chi connectivity index (χ2v) is 13.2. The van der Waals surface area contributed by atoms with E-state index in [1.54, 1.807) is 11.8 Å². The molecule has 0 fully saturated rings. The minimum atomic E-state index is -1.59. The largest absolute Gasteiger partial charge is 0.373 e. The van der Waals surface area contributed by atoms with Crippen molar-refractivity contribution < 1.29 is 5.11 Å². The van der Waals surface area contributed by atoms with Gasteiger partial charge >= 0.3 is 0 Å². The average Bonchev–Trinajstić information content (AvgIpc) is 2.60. The van der Waals surface area contributed by atoms with E-state index in [1.807, 2.05) is 30.3 Å². The standard InChI is InChI=1S/C19H19ClOSSi/c1-23(2,3)11-10-19(21)13-14-6-4-5-7-17(14)22-18-9-8-15(20)12-16(18)19/h4-9,12,21H,13H2,1-3H3. The van der Waals surface area contributed by atoms with E-state index in [2.05, 4.69) is 43.2 Å². The summed E-state index contributed by atoms with van der Waals surface area (Å²) < 4.78 is 0. The number of halogens is 1. The summed E-state index contributed by atoms with van der Waals surface area (Å²) in [5.74, 6) is 3.20. The van der Waals surface area contributed by atoms with Gasteiger partial charge in [-0.25, -0.2) is 0 Å². The molecule has 0 bridgehead atoms. The number of benzene rings is 2. The highest BCUT2D eigenvalue weighted by atomic mass is 35.5. The monoisotopic (exact) mass is 358 g/mol. The molecule has 0 amide bonds. The van der Waals surface area contributed by atoms with Crippen LogP contribution in [-0.4, -0.2) is 13.2 Å². The summed E-state index contributed by atoms with van der Waals surface area (Å²) in [6.07, 6.45) is 0.487. The van der Waals surface area contributed by atoms with Crippen molar-refractivity contribution in [2.24, 2.45) is 0 Å². The topological polar surface area (TPSA) is 20.2 Å². The fourth-order valence-electron chi connectivity index (χ4n) is 2.56. The maximum atomic E-state index is 11.4. The second-order valence-electron chi connectivity index (χ2n) is 6.89. The number of hydrogen-bond acceptors (Lipinski definition) is 2. The van der Waals surface area contributed by atoms with E-state index in [0.717, 1.165) is 16.0 Å². The Labute approximate surface area is 148 Å². The maximum absolute atomic E-state index is 11.4. The van der Waals surface area contributed by atoms with E-state index in [-0.39, 0.29) is 0 Å². The van der Waals surface area contributed by atoms with Gasteiger partial charge in [-0.05, 0) is 29.8 Å². The summed E-state index contributed by atoms with van der Waals surface area (Å²) in [6, 6.07) is 13.9. The van der Waals surface area contributed by atoms with Crippen molar-refractivity contribution in [3.8, 4) is 11.5 Å². The quantitative estimate of drug-likeness (QED) is 0.521. The zero-order chi connectivity index (χ0) is 16.7. The Bertz CT molecular complexity index is 816. The smallest absolute Gasteiger partial charge is 0.155 e. The van der Waals surface area contributed by atoms with Crippen molar-refractivity contribution in [2.45, 2.75) is 41.5 Å². The summed E-state index contributed by atoms with van der Waals surface area (Å²) in [6.45, 7) is 6.55. The minimum Gasteiger partial charge on any atom is -0.373 e. The van der Waals surface area contributed by atoms with E-state index < -0.39 is 13.7 Å². The fraction of sp³-hybridized carbons (Fsp3) is 0.263. The lowest BCUT2D eigenvalue weighted by molar-refractivity contribution is 0.0978. The van der Waals surface area contributed by atoms with Crippen LogP contribution in [0.5, 0.6) is 0 Å². The van der Waals surface area contributed by atoms with E-state index >= 15 is 0 Å². The lowest BCUT2D eigenvalue weighted by atomic mass is 9.88. The molecule has 1 unspecified atom stereocenters. The van der Waals surface area contributed by atoms with E-state index in [9.17, 15) is 5.11 Å². The van der Waals surface area contributed by atoms with Crippen molar-refractivity contribution in [3.05, 3.63) is 58.6 Å².